The highest BCUT2D eigenvalue weighted by atomic mass is 16.3. The zero-order valence-corrected chi connectivity index (χ0v) is 17.4. The van der Waals surface area contributed by atoms with Crippen molar-refractivity contribution in [2.24, 2.45) is 23.7 Å². The maximum absolute atomic E-state index is 13.2. The smallest absolute Gasteiger partial charge is 0.256 e. The molecule has 0 spiro atoms. The molecule has 2 saturated carbocycles. The number of benzene rings is 1. The molecule has 3 fully saturated rings. The fourth-order valence-corrected chi connectivity index (χ4v) is 5.82. The van der Waals surface area contributed by atoms with Crippen molar-refractivity contribution in [3.8, 4) is 0 Å². The van der Waals surface area contributed by atoms with Gasteiger partial charge < -0.3 is 10.4 Å². The van der Waals surface area contributed by atoms with Crippen LogP contribution < -0.4 is 5.32 Å². The molecule has 3 aliphatic rings. The topological polar surface area (TPSA) is 65.5 Å². The van der Waals surface area contributed by atoms with E-state index >= 15 is 0 Å². The van der Waals surface area contributed by atoms with Gasteiger partial charge in [0, 0.05) is 38.3 Å². The second-order valence-electron chi connectivity index (χ2n) is 9.33. The Morgan fingerprint density at radius 2 is 1.77 bits per heavy atom. The first-order chi connectivity index (χ1) is 14.7. The highest BCUT2D eigenvalue weighted by molar-refractivity contribution is 5.86. The minimum absolute atomic E-state index is 0.00691. The van der Waals surface area contributed by atoms with Gasteiger partial charge in [0.2, 0.25) is 0 Å². The number of hydrogen-bond donors (Lipinski definition) is 2. The molecule has 3 unspecified atom stereocenters. The number of amides is 1. The predicted molar refractivity (Wildman–Crippen MR) is 115 cm³/mol. The molecule has 2 aromatic rings. The predicted octanol–water partition coefficient (Wildman–Crippen LogP) is 2.95. The zero-order valence-electron chi connectivity index (χ0n) is 17.4. The average Bonchev–Trinajstić information content (AvgIpc) is 3.17. The van der Waals surface area contributed by atoms with Crippen LogP contribution in [0.2, 0.25) is 0 Å². The summed E-state index contributed by atoms with van der Waals surface area (Å²) in [4.78, 5) is 20.1. The van der Waals surface area contributed by atoms with Gasteiger partial charge in [-0.1, -0.05) is 49.2 Å². The van der Waals surface area contributed by atoms with Crippen LogP contribution in [0.3, 0.4) is 0 Å². The lowest BCUT2D eigenvalue weighted by Gasteiger charge is -2.33. The molecule has 2 aliphatic carbocycles. The van der Waals surface area contributed by atoms with E-state index in [0.717, 1.165) is 56.6 Å². The van der Waals surface area contributed by atoms with Crippen molar-refractivity contribution in [1.82, 2.24) is 15.2 Å². The van der Waals surface area contributed by atoms with Crippen LogP contribution in [0.1, 0.15) is 36.9 Å². The summed E-state index contributed by atoms with van der Waals surface area (Å²) >= 11 is 0. The number of piperidine rings is 1. The van der Waals surface area contributed by atoms with E-state index in [1.54, 1.807) is 0 Å². The van der Waals surface area contributed by atoms with Crippen LogP contribution in [0.5, 0.6) is 0 Å². The number of nitrogens with zero attached hydrogens (tertiary/aromatic N) is 2. The van der Waals surface area contributed by atoms with Gasteiger partial charge in [-0.2, -0.15) is 0 Å². The number of carbonyl (C=O) groups excluding carboxylic acids is 1. The molecule has 0 bridgehead atoms. The summed E-state index contributed by atoms with van der Waals surface area (Å²) in [6, 6.07) is 15.6. The molecule has 5 rings (SSSR count). The van der Waals surface area contributed by atoms with E-state index in [1.807, 2.05) is 48.7 Å². The van der Waals surface area contributed by atoms with Crippen molar-refractivity contribution >= 4 is 5.91 Å². The van der Waals surface area contributed by atoms with Gasteiger partial charge in [0.25, 0.3) is 5.91 Å². The standard InChI is InChI=1S/C25H31N3O2/c29-24(25(30,19-10-4-5-11-19)18-8-2-1-3-9-18)27-14-21-22-16-28(17-23(21)22)15-20-12-6-7-13-26-20/h1-3,6-9,12-13,19,21-23,30H,4-5,10-11,14-17H2,(H,27,29). The van der Waals surface area contributed by atoms with Gasteiger partial charge in [-0.25, -0.2) is 0 Å². The monoisotopic (exact) mass is 405 g/mol. The van der Waals surface area contributed by atoms with Crippen molar-refractivity contribution in [3.63, 3.8) is 0 Å². The molecule has 0 radical (unpaired) electrons. The molecule has 30 heavy (non-hydrogen) atoms. The van der Waals surface area contributed by atoms with E-state index in [9.17, 15) is 9.90 Å². The second kappa shape index (κ2) is 8.12. The van der Waals surface area contributed by atoms with E-state index in [-0.39, 0.29) is 11.8 Å². The number of pyridine rings is 1. The number of nitrogens with one attached hydrogen (secondary N) is 1. The molecule has 1 aromatic carbocycles. The maximum atomic E-state index is 13.2. The van der Waals surface area contributed by atoms with Crippen molar-refractivity contribution in [1.29, 1.82) is 0 Å². The van der Waals surface area contributed by atoms with Crippen molar-refractivity contribution < 1.29 is 9.90 Å². The molecular weight excluding hydrogens is 374 g/mol. The number of carbonyl (C=O) groups is 1. The number of aliphatic hydroxyl groups is 1. The van der Waals surface area contributed by atoms with E-state index < -0.39 is 5.60 Å². The summed E-state index contributed by atoms with van der Waals surface area (Å²) in [6.07, 6.45) is 5.85. The van der Waals surface area contributed by atoms with Gasteiger partial charge in [-0.3, -0.25) is 14.7 Å². The third-order valence-electron chi connectivity index (χ3n) is 7.56. The first kappa shape index (κ1) is 19.7. The number of likely N-dealkylation sites (tertiary alicyclic amines) is 1. The van der Waals surface area contributed by atoms with Crippen molar-refractivity contribution in [3.05, 3.63) is 66.0 Å². The van der Waals surface area contributed by atoms with Gasteiger partial charge in [-0.15, -0.1) is 0 Å². The summed E-state index contributed by atoms with van der Waals surface area (Å²) in [5.41, 5.74) is 0.437. The molecule has 5 heteroatoms. The minimum Gasteiger partial charge on any atom is -0.375 e. The fourth-order valence-electron chi connectivity index (χ4n) is 5.82. The molecule has 158 valence electrons. The quantitative estimate of drug-likeness (QED) is 0.743. The van der Waals surface area contributed by atoms with Crippen LogP contribution in [-0.2, 0) is 16.9 Å². The lowest BCUT2D eigenvalue weighted by Crippen LogP contribution is -2.49. The Labute approximate surface area is 178 Å². The third kappa shape index (κ3) is 3.65. The largest absolute Gasteiger partial charge is 0.375 e. The molecule has 2 N–H and O–H groups in total. The molecule has 1 aromatic heterocycles. The Kier molecular flexibility index (Phi) is 5.34. The number of fused-ring (bicyclic) bond motifs is 1. The molecule has 1 saturated heterocycles. The number of rotatable bonds is 7. The van der Waals surface area contributed by atoms with Crippen LogP contribution >= 0.6 is 0 Å². The number of aromatic nitrogens is 1. The SMILES string of the molecule is O=C(NCC1C2CN(Cc3ccccn3)CC12)C(O)(c1ccccc1)C1CCCC1. The zero-order chi connectivity index (χ0) is 20.6. The van der Waals surface area contributed by atoms with Crippen molar-refractivity contribution in [2.45, 2.75) is 37.8 Å². The Morgan fingerprint density at radius 1 is 1.07 bits per heavy atom. The van der Waals surface area contributed by atoms with Gasteiger partial charge in [-0.05, 0) is 48.3 Å². The first-order valence-corrected chi connectivity index (χ1v) is 11.3. The lowest BCUT2D eigenvalue weighted by molar-refractivity contribution is -0.147. The van der Waals surface area contributed by atoms with E-state index in [1.165, 1.54) is 0 Å². The maximum Gasteiger partial charge on any atom is 0.256 e. The van der Waals surface area contributed by atoms with Gasteiger partial charge >= 0.3 is 0 Å². The Balaban J connectivity index is 1.17. The molecule has 1 amide bonds. The lowest BCUT2D eigenvalue weighted by atomic mass is 9.79. The Morgan fingerprint density at radius 3 is 2.43 bits per heavy atom. The summed E-state index contributed by atoms with van der Waals surface area (Å²) in [5.74, 6) is 1.65. The first-order valence-electron chi connectivity index (χ1n) is 11.3. The average molecular weight is 406 g/mol. The molecule has 3 atom stereocenters. The summed E-state index contributed by atoms with van der Waals surface area (Å²) in [7, 11) is 0. The van der Waals surface area contributed by atoms with Gasteiger partial charge in [0.1, 0.15) is 0 Å². The summed E-state index contributed by atoms with van der Waals surface area (Å²) in [6.45, 7) is 3.73. The molecule has 1 aliphatic heterocycles. The molecular formula is C25H31N3O2. The number of hydrogen-bond acceptors (Lipinski definition) is 4. The summed E-state index contributed by atoms with van der Waals surface area (Å²) in [5, 5.41) is 14.7. The Bertz CT molecular complexity index is 856. The fraction of sp³-hybridized carbons (Fsp3) is 0.520. The van der Waals surface area contributed by atoms with Gasteiger partial charge in [0.05, 0.1) is 5.69 Å². The van der Waals surface area contributed by atoms with E-state index in [0.29, 0.717) is 24.3 Å². The van der Waals surface area contributed by atoms with Gasteiger partial charge in [0.15, 0.2) is 5.60 Å². The molecule has 5 nitrogen and oxygen atoms in total. The van der Waals surface area contributed by atoms with Crippen LogP contribution in [0.4, 0.5) is 0 Å². The van der Waals surface area contributed by atoms with E-state index in [4.69, 9.17) is 0 Å². The second-order valence-corrected chi connectivity index (χ2v) is 9.33. The molecule has 2 heterocycles. The van der Waals surface area contributed by atoms with Crippen LogP contribution in [0.15, 0.2) is 54.7 Å². The van der Waals surface area contributed by atoms with E-state index in [2.05, 4.69) is 21.3 Å². The van der Waals surface area contributed by atoms with Crippen LogP contribution in [-0.4, -0.2) is 40.5 Å². The van der Waals surface area contributed by atoms with Crippen molar-refractivity contribution in [2.75, 3.05) is 19.6 Å². The summed E-state index contributed by atoms with van der Waals surface area (Å²) < 4.78 is 0. The minimum atomic E-state index is -1.41. The van der Waals surface area contributed by atoms with Crippen LogP contribution in [0.25, 0.3) is 0 Å². The van der Waals surface area contributed by atoms with Crippen LogP contribution in [0, 0.1) is 23.7 Å². The highest BCUT2D eigenvalue weighted by Crippen LogP contribution is 2.51. The third-order valence-corrected chi connectivity index (χ3v) is 7.56. The highest BCUT2D eigenvalue weighted by Gasteiger charge is 2.56. The Hall–Kier alpha value is -2.24. The normalized spacial score (nSPS) is 28.1.